The molecule has 0 aliphatic carbocycles. The van der Waals surface area contributed by atoms with E-state index < -0.39 is 7.82 Å². The largest absolute Gasteiger partial charge is 0.472 e. The number of phosphoric acid groups is 1. The van der Waals surface area contributed by atoms with Gasteiger partial charge in [-0.05, 0) is 12.8 Å². The second-order valence-electron chi connectivity index (χ2n) is 12.6. The number of phosphoric ester groups is 1. The summed E-state index contributed by atoms with van der Waals surface area (Å²) in [5, 5.41) is 25.5. The number of nitrogens with zero attached hydrogens (tertiary/aromatic N) is 1. The second kappa shape index (κ2) is 40.1. The van der Waals surface area contributed by atoms with Gasteiger partial charge < -0.3 is 20.2 Å². The van der Waals surface area contributed by atoms with Crippen LogP contribution in [0.25, 0.3) is 0 Å². The van der Waals surface area contributed by atoms with Crippen LogP contribution in [0.3, 0.4) is 0 Å². The molecule has 0 aromatic carbocycles. The van der Waals surface area contributed by atoms with Gasteiger partial charge in [0.2, 0.25) is 0 Å². The van der Waals surface area contributed by atoms with Gasteiger partial charge in [0, 0.05) is 19.6 Å². The van der Waals surface area contributed by atoms with E-state index in [0.29, 0.717) is 32.8 Å². The van der Waals surface area contributed by atoms with E-state index in [9.17, 15) is 9.46 Å². The van der Waals surface area contributed by atoms with E-state index in [2.05, 4.69) is 13.8 Å². The molecule has 0 heterocycles. The fraction of sp³-hybridized carbons (Fsp3) is 1.00. The number of hydrogen-bond donors (Lipinski definition) is 4. The van der Waals surface area contributed by atoms with Crippen LogP contribution in [0.2, 0.25) is 0 Å². The average Bonchev–Trinajstić information content (AvgIpc) is 3.02. The minimum Gasteiger partial charge on any atom is -0.395 e. The summed E-state index contributed by atoms with van der Waals surface area (Å²) in [5.74, 6) is 0. The summed E-state index contributed by atoms with van der Waals surface area (Å²) in [6.45, 7) is 6.94. The molecule has 4 N–H and O–H groups in total. The van der Waals surface area contributed by atoms with Gasteiger partial charge in [0.05, 0.1) is 33.0 Å². The van der Waals surface area contributed by atoms with Crippen molar-refractivity contribution >= 4 is 7.82 Å². The van der Waals surface area contributed by atoms with Gasteiger partial charge in [-0.15, -0.1) is 0 Å². The summed E-state index contributed by atoms with van der Waals surface area (Å²) in [6.07, 6.45) is 33.5. The highest BCUT2D eigenvalue weighted by Crippen LogP contribution is 2.43. The molecule has 0 fully saturated rings. The number of hydrogen-bond acceptors (Lipinski definition) is 7. The highest BCUT2D eigenvalue weighted by atomic mass is 31.2. The van der Waals surface area contributed by atoms with Crippen LogP contribution >= 0.6 is 7.82 Å². The molecule has 0 saturated heterocycles. The minimum absolute atomic E-state index is 0.0694. The van der Waals surface area contributed by atoms with E-state index in [1.54, 1.807) is 4.90 Å². The van der Waals surface area contributed by atoms with Crippen molar-refractivity contribution in [1.82, 2.24) is 4.90 Å². The first kappa shape index (κ1) is 47.1. The second-order valence-corrected chi connectivity index (χ2v) is 14.1. The van der Waals surface area contributed by atoms with Crippen molar-refractivity contribution in [2.45, 2.75) is 181 Å². The van der Waals surface area contributed by atoms with Crippen molar-refractivity contribution in [2.24, 2.45) is 0 Å². The third-order valence-corrected chi connectivity index (χ3v) is 9.27. The van der Waals surface area contributed by atoms with E-state index in [4.69, 9.17) is 24.4 Å². The SMILES string of the molecule is CCCCCCCCCCCCCCCCOP(=O)(O)OCCCCCCCCCCCCCC.OCCN(CCO)CCO. The summed E-state index contributed by atoms with van der Waals surface area (Å²) < 4.78 is 22.2. The topological polar surface area (TPSA) is 120 Å². The Morgan fingerprint density at radius 2 is 0.644 bits per heavy atom. The molecule has 45 heavy (non-hydrogen) atoms. The molecule has 0 radical (unpaired) electrons. The van der Waals surface area contributed by atoms with Gasteiger partial charge in [0.25, 0.3) is 0 Å². The van der Waals surface area contributed by atoms with Crippen molar-refractivity contribution in [1.29, 1.82) is 0 Å². The molecule has 0 amide bonds. The molecule has 1 unspecified atom stereocenters. The Bertz CT molecular complexity index is 571. The average molecular weight is 668 g/mol. The van der Waals surface area contributed by atoms with Crippen LogP contribution < -0.4 is 0 Å². The fourth-order valence-corrected chi connectivity index (χ4v) is 6.19. The normalized spacial score (nSPS) is 12.8. The van der Waals surface area contributed by atoms with E-state index in [1.165, 1.54) is 141 Å². The summed E-state index contributed by atoms with van der Waals surface area (Å²) >= 11 is 0. The zero-order chi connectivity index (χ0) is 33.5. The first-order valence-electron chi connectivity index (χ1n) is 19.1. The van der Waals surface area contributed by atoms with Crippen molar-refractivity contribution in [3.8, 4) is 0 Å². The van der Waals surface area contributed by atoms with Gasteiger partial charge in [0.15, 0.2) is 0 Å². The predicted octanol–water partition coefficient (Wildman–Crippen LogP) is 9.57. The fourth-order valence-electron chi connectivity index (χ4n) is 5.40. The Morgan fingerprint density at radius 3 is 0.867 bits per heavy atom. The molecular formula is C36H78NO7P. The molecule has 0 rings (SSSR count). The number of unbranched alkanes of at least 4 members (excludes halogenated alkanes) is 24. The van der Waals surface area contributed by atoms with Crippen LogP contribution in [0, 0.1) is 0 Å². The highest BCUT2D eigenvalue weighted by Gasteiger charge is 2.19. The van der Waals surface area contributed by atoms with Crippen LogP contribution in [0.5, 0.6) is 0 Å². The molecule has 0 spiro atoms. The van der Waals surface area contributed by atoms with Crippen molar-refractivity contribution in [2.75, 3.05) is 52.7 Å². The summed E-state index contributed by atoms with van der Waals surface area (Å²) in [4.78, 5) is 11.6. The van der Waals surface area contributed by atoms with Crippen molar-refractivity contribution in [3.63, 3.8) is 0 Å². The van der Waals surface area contributed by atoms with Crippen LogP contribution in [-0.4, -0.2) is 77.8 Å². The zero-order valence-corrected chi connectivity index (χ0v) is 30.8. The molecule has 0 aromatic heterocycles. The van der Waals surface area contributed by atoms with Crippen LogP contribution in [-0.2, 0) is 13.6 Å². The molecule has 0 aliphatic heterocycles. The van der Waals surface area contributed by atoms with E-state index in [1.807, 2.05) is 0 Å². The third kappa shape index (κ3) is 41.9. The van der Waals surface area contributed by atoms with Crippen molar-refractivity contribution < 1.29 is 33.8 Å². The Labute approximate surface area is 279 Å². The molecule has 8 nitrogen and oxygen atoms in total. The number of rotatable bonds is 36. The van der Waals surface area contributed by atoms with Gasteiger partial charge in [0.1, 0.15) is 0 Å². The highest BCUT2D eigenvalue weighted by molar-refractivity contribution is 7.47. The summed E-state index contributed by atoms with van der Waals surface area (Å²) in [5.41, 5.74) is 0. The minimum atomic E-state index is -3.86. The molecule has 0 aromatic rings. The third-order valence-electron chi connectivity index (χ3n) is 8.25. The Balaban J connectivity index is 0. The summed E-state index contributed by atoms with van der Waals surface area (Å²) in [7, 11) is -3.86. The Hall–Kier alpha value is -0.0500. The van der Waals surface area contributed by atoms with Gasteiger partial charge >= 0.3 is 7.82 Å². The standard InChI is InChI=1S/C30H63O4P.C6H15NO3/c1-3-5-7-9-11-13-15-17-18-20-22-24-26-28-30-34-35(31,32)33-29-27-25-23-21-19-16-14-12-10-8-6-4-2;8-4-1-7(2-5-9)3-6-10/h3-30H2,1-2H3,(H,31,32);8-10H,1-6H2. The Kier molecular flexibility index (Phi) is 42.0. The first-order chi connectivity index (χ1) is 22.0. The molecular weight excluding hydrogens is 589 g/mol. The van der Waals surface area contributed by atoms with Crippen molar-refractivity contribution in [3.05, 3.63) is 0 Å². The molecule has 274 valence electrons. The quantitative estimate of drug-likeness (QED) is 0.0385. The zero-order valence-electron chi connectivity index (χ0n) is 29.9. The lowest BCUT2D eigenvalue weighted by Crippen LogP contribution is -2.32. The van der Waals surface area contributed by atoms with Crippen LogP contribution in [0.1, 0.15) is 181 Å². The lowest BCUT2D eigenvalue weighted by molar-refractivity contribution is 0.136. The molecule has 0 aliphatic rings. The maximum absolute atomic E-state index is 12.0. The van der Waals surface area contributed by atoms with Gasteiger partial charge in [-0.25, -0.2) is 4.57 Å². The number of aliphatic hydroxyl groups is 3. The number of aliphatic hydroxyl groups excluding tert-OH is 3. The van der Waals surface area contributed by atoms with Gasteiger partial charge in [-0.2, -0.15) is 0 Å². The van der Waals surface area contributed by atoms with E-state index >= 15 is 0 Å². The Morgan fingerprint density at radius 1 is 0.422 bits per heavy atom. The smallest absolute Gasteiger partial charge is 0.395 e. The lowest BCUT2D eigenvalue weighted by atomic mass is 10.0. The molecule has 1 atom stereocenters. The lowest BCUT2D eigenvalue weighted by Gasteiger charge is -2.17. The maximum Gasteiger partial charge on any atom is 0.472 e. The molecule has 0 bridgehead atoms. The van der Waals surface area contributed by atoms with E-state index in [-0.39, 0.29) is 19.8 Å². The molecule has 0 saturated carbocycles. The monoisotopic (exact) mass is 668 g/mol. The summed E-state index contributed by atoms with van der Waals surface area (Å²) in [6, 6.07) is 0. The van der Waals surface area contributed by atoms with E-state index in [0.717, 1.165) is 25.7 Å². The predicted molar refractivity (Wildman–Crippen MR) is 191 cm³/mol. The van der Waals surface area contributed by atoms with Crippen LogP contribution in [0.15, 0.2) is 0 Å². The van der Waals surface area contributed by atoms with Gasteiger partial charge in [-0.1, -0.05) is 168 Å². The first-order valence-corrected chi connectivity index (χ1v) is 20.6. The van der Waals surface area contributed by atoms with Crippen LogP contribution in [0.4, 0.5) is 0 Å². The maximum atomic E-state index is 12.0. The van der Waals surface area contributed by atoms with Gasteiger partial charge in [-0.3, -0.25) is 13.9 Å². The molecule has 9 heteroatoms.